The fourth-order valence-electron chi connectivity index (χ4n) is 6.21. The molecular formula is C20H28NOP. The van der Waals surface area contributed by atoms with E-state index in [9.17, 15) is 0 Å². The maximum atomic E-state index is 6.07. The third kappa shape index (κ3) is 2.77. The van der Waals surface area contributed by atoms with Crippen LogP contribution in [-0.2, 0) is 4.74 Å². The predicted molar refractivity (Wildman–Crippen MR) is 96.9 cm³/mol. The molecule has 2 nitrogen and oxygen atoms in total. The molecule has 3 heteroatoms. The van der Waals surface area contributed by atoms with Crippen LogP contribution in [0.25, 0.3) is 0 Å². The lowest BCUT2D eigenvalue weighted by atomic mass is 9.56. The summed E-state index contributed by atoms with van der Waals surface area (Å²) in [5.74, 6) is 3.15. The molecule has 4 aliphatic carbocycles. The van der Waals surface area contributed by atoms with Gasteiger partial charge in [-0.3, -0.25) is 0 Å². The van der Waals surface area contributed by atoms with E-state index in [1.807, 2.05) is 0 Å². The van der Waals surface area contributed by atoms with Gasteiger partial charge in [0, 0.05) is 13.1 Å². The summed E-state index contributed by atoms with van der Waals surface area (Å²) in [6, 6.07) is 9.15. The maximum Gasteiger partial charge on any atom is 0.0955 e. The Labute approximate surface area is 141 Å². The van der Waals surface area contributed by atoms with E-state index in [1.54, 1.807) is 24.6 Å². The highest BCUT2D eigenvalue weighted by molar-refractivity contribution is 7.49. The fourth-order valence-corrected chi connectivity index (χ4v) is 8.52. The van der Waals surface area contributed by atoms with Crippen molar-refractivity contribution in [3.05, 3.63) is 29.8 Å². The Hall–Kier alpha value is -0.430. The molecule has 0 aromatic heterocycles. The van der Waals surface area contributed by atoms with Crippen LogP contribution in [0, 0.1) is 17.8 Å². The van der Waals surface area contributed by atoms with E-state index in [4.69, 9.17) is 4.74 Å². The smallest absolute Gasteiger partial charge is 0.0955 e. The summed E-state index contributed by atoms with van der Waals surface area (Å²) in [5.41, 5.74) is 1.47. The average Bonchev–Trinajstić information content (AvgIpc) is 2.54. The van der Waals surface area contributed by atoms with Crippen LogP contribution in [0.2, 0.25) is 0 Å². The van der Waals surface area contributed by atoms with Crippen LogP contribution in [-0.4, -0.2) is 24.9 Å². The van der Waals surface area contributed by atoms with Crippen LogP contribution >= 0.6 is 8.58 Å². The van der Waals surface area contributed by atoms with Crippen molar-refractivity contribution in [1.82, 2.24) is 5.32 Å². The molecule has 23 heavy (non-hydrogen) atoms. The van der Waals surface area contributed by atoms with E-state index in [0.717, 1.165) is 46.0 Å². The Balaban J connectivity index is 1.42. The molecular weight excluding hydrogens is 301 g/mol. The lowest BCUT2D eigenvalue weighted by Crippen LogP contribution is -2.48. The number of hydrogen-bond acceptors (Lipinski definition) is 2. The lowest BCUT2D eigenvalue weighted by Gasteiger charge is -2.57. The minimum Gasteiger partial charge on any atom is -0.371 e. The number of benzene rings is 1. The van der Waals surface area contributed by atoms with Gasteiger partial charge in [0.1, 0.15) is 0 Å². The molecule has 1 aromatic rings. The molecule has 2 atom stereocenters. The number of rotatable bonds is 3. The first-order valence-corrected chi connectivity index (χ1v) is 10.5. The molecule has 1 aliphatic heterocycles. The topological polar surface area (TPSA) is 21.3 Å². The van der Waals surface area contributed by atoms with Gasteiger partial charge in [0.15, 0.2) is 0 Å². The highest BCUT2D eigenvalue weighted by Gasteiger charge is 2.50. The zero-order valence-electron chi connectivity index (χ0n) is 13.9. The van der Waals surface area contributed by atoms with E-state index in [0.29, 0.717) is 5.16 Å². The number of morpholine rings is 1. The Morgan fingerprint density at radius 1 is 1.00 bits per heavy atom. The van der Waals surface area contributed by atoms with Crippen LogP contribution in [0.5, 0.6) is 0 Å². The quantitative estimate of drug-likeness (QED) is 0.855. The van der Waals surface area contributed by atoms with E-state index >= 15 is 0 Å². The molecule has 1 saturated heterocycles. The largest absolute Gasteiger partial charge is 0.371 e. The zero-order chi connectivity index (χ0) is 15.3. The molecule has 0 radical (unpaired) electrons. The number of nitrogens with one attached hydrogen (secondary N) is 1. The molecule has 1 aromatic carbocycles. The number of ether oxygens (including phenoxy) is 1. The Morgan fingerprint density at radius 3 is 2.35 bits per heavy atom. The van der Waals surface area contributed by atoms with E-state index in [-0.39, 0.29) is 6.10 Å². The second-order valence-electron chi connectivity index (χ2n) is 8.47. The van der Waals surface area contributed by atoms with Gasteiger partial charge in [0.2, 0.25) is 0 Å². The first-order chi connectivity index (χ1) is 11.3. The van der Waals surface area contributed by atoms with Gasteiger partial charge < -0.3 is 10.1 Å². The van der Waals surface area contributed by atoms with E-state index in [2.05, 4.69) is 29.6 Å². The normalized spacial score (nSPS) is 42.6. The molecule has 1 heterocycles. The minimum atomic E-state index is 0.265. The third-order valence-electron chi connectivity index (χ3n) is 6.67. The van der Waals surface area contributed by atoms with Crippen LogP contribution < -0.4 is 10.6 Å². The van der Waals surface area contributed by atoms with Gasteiger partial charge in [-0.15, -0.1) is 0 Å². The molecule has 124 valence electrons. The second-order valence-corrected chi connectivity index (χ2v) is 10.3. The summed E-state index contributed by atoms with van der Waals surface area (Å²) in [7, 11) is 0.993. The Morgan fingerprint density at radius 2 is 1.70 bits per heavy atom. The van der Waals surface area contributed by atoms with Crippen molar-refractivity contribution in [2.75, 3.05) is 19.7 Å². The Kier molecular flexibility index (Phi) is 3.77. The van der Waals surface area contributed by atoms with Gasteiger partial charge in [-0.25, -0.2) is 0 Å². The first kappa shape index (κ1) is 14.9. The van der Waals surface area contributed by atoms with Crippen molar-refractivity contribution in [1.29, 1.82) is 0 Å². The van der Waals surface area contributed by atoms with Crippen LogP contribution in [0.4, 0.5) is 0 Å². The summed E-state index contributed by atoms with van der Waals surface area (Å²) in [6.45, 7) is 2.82. The van der Waals surface area contributed by atoms with Gasteiger partial charge >= 0.3 is 0 Å². The van der Waals surface area contributed by atoms with Gasteiger partial charge in [-0.2, -0.15) is 0 Å². The van der Waals surface area contributed by atoms with E-state index in [1.165, 1.54) is 24.8 Å². The fraction of sp³-hybridized carbons (Fsp3) is 0.700. The van der Waals surface area contributed by atoms with Gasteiger partial charge in [0.05, 0.1) is 12.7 Å². The highest BCUT2D eigenvalue weighted by Crippen LogP contribution is 2.62. The minimum absolute atomic E-state index is 0.265. The summed E-state index contributed by atoms with van der Waals surface area (Å²) in [5, 5.41) is 5.74. The van der Waals surface area contributed by atoms with E-state index < -0.39 is 0 Å². The van der Waals surface area contributed by atoms with Crippen molar-refractivity contribution in [2.24, 2.45) is 17.8 Å². The van der Waals surface area contributed by atoms with Crippen LogP contribution in [0.15, 0.2) is 24.3 Å². The van der Waals surface area contributed by atoms with Crippen molar-refractivity contribution in [3.8, 4) is 0 Å². The SMILES string of the molecule is c1ccc(C2CNCCO2)c(PC23CC4CC(CC(C4)C2)C3)c1. The summed E-state index contributed by atoms with van der Waals surface area (Å²) < 4.78 is 6.07. The molecule has 0 spiro atoms. The zero-order valence-corrected chi connectivity index (χ0v) is 14.9. The first-order valence-electron chi connectivity index (χ1n) is 9.49. The molecule has 2 unspecified atom stereocenters. The molecule has 4 saturated carbocycles. The van der Waals surface area contributed by atoms with Gasteiger partial charge in [-0.05, 0) is 72.3 Å². The summed E-state index contributed by atoms with van der Waals surface area (Å²) in [6.07, 6.45) is 9.42. The van der Waals surface area contributed by atoms with Gasteiger partial charge in [-0.1, -0.05) is 32.8 Å². The van der Waals surface area contributed by atoms with Crippen LogP contribution in [0.1, 0.15) is 50.2 Å². The monoisotopic (exact) mass is 329 g/mol. The van der Waals surface area contributed by atoms with Gasteiger partial charge in [0.25, 0.3) is 0 Å². The summed E-state index contributed by atoms with van der Waals surface area (Å²) >= 11 is 0. The highest BCUT2D eigenvalue weighted by atomic mass is 31.1. The van der Waals surface area contributed by atoms with Crippen LogP contribution in [0.3, 0.4) is 0 Å². The standard InChI is InChI=1S/C20H28NOP/c1-2-4-19(17(3-1)18-13-21-5-6-22-18)23-20-10-14-7-15(11-20)9-16(8-14)12-20/h1-4,14-16,18,21,23H,5-13H2. The molecule has 6 rings (SSSR count). The molecule has 0 amide bonds. The van der Waals surface area contributed by atoms with Crippen molar-refractivity contribution in [2.45, 2.75) is 49.8 Å². The molecule has 5 fully saturated rings. The second kappa shape index (κ2) is 5.83. The third-order valence-corrected chi connectivity index (χ3v) is 8.54. The average molecular weight is 329 g/mol. The lowest BCUT2D eigenvalue weighted by molar-refractivity contribution is 0.0281. The predicted octanol–water partition coefficient (Wildman–Crippen LogP) is 3.62. The summed E-state index contributed by atoms with van der Waals surface area (Å²) in [4.78, 5) is 0. The van der Waals surface area contributed by atoms with Crippen molar-refractivity contribution < 1.29 is 4.74 Å². The van der Waals surface area contributed by atoms with Crippen molar-refractivity contribution in [3.63, 3.8) is 0 Å². The Bertz CT molecular complexity index is 545. The molecule has 4 bridgehead atoms. The maximum absolute atomic E-state index is 6.07. The van der Waals surface area contributed by atoms with Crippen molar-refractivity contribution >= 4 is 13.9 Å². The molecule has 5 aliphatic rings. The number of hydrogen-bond donors (Lipinski definition) is 1. The molecule has 1 N–H and O–H groups in total.